The van der Waals surface area contributed by atoms with Gasteiger partial charge in [-0.1, -0.05) is 36.4 Å². The predicted molar refractivity (Wildman–Crippen MR) is 86.5 cm³/mol. The van der Waals surface area contributed by atoms with E-state index in [4.69, 9.17) is 11.6 Å². The van der Waals surface area contributed by atoms with Crippen molar-refractivity contribution in [1.29, 1.82) is 0 Å². The fourth-order valence-corrected chi connectivity index (χ4v) is 2.73. The molecule has 2 aromatic rings. The Morgan fingerprint density at radius 3 is 2.61 bits per heavy atom. The van der Waals surface area contributed by atoms with Crippen LogP contribution < -0.4 is 5.43 Å². The van der Waals surface area contributed by atoms with Crippen molar-refractivity contribution in [3.8, 4) is 5.75 Å². The zero-order valence-corrected chi connectivity index (χ0v) is 12.9. The highest BCUT2D eigenvalue weighted by atomic mass is 35.5. The highest BCUT2D eigenvalue weighted by molar-refractivity contribution is 6.30. The molecule has 0 saturated carbocycles. The Kier molecular flexibility index (Phi) is 3.75. The normalized spacial score (nSPS) is 20.4. The molecule has 1 heterocycles. The second-order valence-electron chi connectivity index (χ2n) is 5.41. The van der Waals surface area contributed by atoms with Crippen LogP contribution in [0, 0.1) is 0 Å². The lowest BCUT2D eigenvalue weighted by molar-refractivity contribution is -0.0835. The van der Waals surface area contributed by atoms with E-state index in [-0.39, 0.29) is 17.7 Å². The molecular formula is C17H15ClN2O3. The summed E-state index contributed by atoms with van der Waals surface area (Å²) in [5, 5.41) is 22.3. The summed E-state index contributed by atoms with van der Waals surface area (Å²) in [6.07, 6.45) is 0.152. The fourth-order valence-electron chi connectivity index (χ4n) is 2.60. The molecule has 0 spiro atoms. The molecule has 0 aromatic heterocycles. The lowest BCUT2D eigenvalue weighted by Gasteiger charge is -2.32. The number of nitrogens with one attached hydrogen (secondary N) is 1. The summed E-state index contributed by atoms with van der Waals surface area (Å²) in [6.45, 7) is 3.80. The predicted octanol–water partition coefficient (Wildman–Crippen LogP) is 2.76. The van der Waals surface area contributed by atoms with Crippen molar-refractivity contribution in [1.82, 2.24) is 10.4 Å². The minimum absolute atomic E-state index is 0.0242. The third kappa shape index (κ3) is 2.76. The second kappa shape index (κ2) is 5.61. The maximum absolute atomic E-state index is 12.7. The zero-order valence-electron chi connectivity index (χ0n) is 12.2. The van der Waals surface area contributed by atoms with Crippen LogP contribution in [0.2, 0.25) is 5.02 Å². The topological polar surface area (TPSA) is 72.8 Å². The van der Waals surface area contributed by atoms with E-state index in [9.17, 15) is 15.0 Å². The molecule has 1 atom stereocenters. The van der Waals surface area contributed by atoms with E-state index < -0.39 is 11.6 Å². The van der Waals surface area contributed by atoms with Gasteiger partial charge in [-0.05, 0) is 30.3 Å². The molecule has 5 nitrogen and oxygen atoms in total. The molecule has 6 heteroatoms. The van der Waals surface area contributed by atoms with Gasteiger partial charge in [0.25, 0.3) is 5.91 Å². The van der Waals surface area contributed by atoms with E-state index in [1.807, 2.05) is 0 Å². The first-order valence-corrected chi connectivity index (χ1v) is 7.34. The van der Waals surface area contributed by atoms with Crippen LogP contribution in [0.1, 0.15) is 22.3 Å². The van der Waals surface area contributed by atoms with Crippen LogP contribution in [0.4, 0.5) is 0 Å². The van der Waals surface area contributed by atoms with Gasteiger partial charge in [-0.15, -0.1) is 0 Å². The molecule has 1 amide bonds. The standard InChI is InChI=1S/C17H15ClN2O3/c1-11-10-17(23,13-5-7-14(18)8-6-13)20(19-11)16(22)12-3-2-4-15(21)9-12/h2-9,19,21,23H,1,10H2. The highest BCUT2D eigenvalue weighted by Crippen LogP contribution is 2.37. The minimum Gasteiger partial charge on any atom is -0.508 e. The summed E-state index contributed by atoms with van der Waals surface area (Å²) in [6, 6.07) is 12.5. The number of carbonyl (C=O) groups excluding carboxylic acids is 1. The summed E-state index contributed by atoms with van der Waals surface area (Å²) in [4.78, 5) is 12.7. The van der Waals surface area contributed by atoms with Crippen molar-refractivity contribution < 1.29 is 15.0 Å². The van der Waals surface area contributed by atoms with Crippen LogP contribution in [0.25, 0.3) is 0 Å². The van der Waals surface area contributed by atoms with E-state index >= 15 is 0 Å². The Labute approximate surface area is 138 Å². The Morgan fingerprint density at radius 2 is 1.96 bits per heavy atom. The number of hydrogen-bond donors (Lipinski definition) is 3. The lowest BCUT2D eigenvalue weighted by Crippen LogP contribution is -2.49. The third-order valence-electron chi connectivity index (χ3n) is 3.70. The number of amides is 1. The van der Waals surface area contributed by atoms with Gasteiger partial charge >= 0.3 is 0 Å². The molecule has 2 aromatic carbocycles. The van der Waals surface area contributed by atoms with Gasteiger partial charge in [0.05, 0.1) is 0 Å². The first-order chi connectivity index (χ1) is 10.9. The number of phenols is 1. The van der Waals surface area contributed by atoms with E-state index in [2.05, 4.69) is 12.0 Å². The quantitative estimate of drug-likeness (QED) is 0.791. The largest absolute Gasteiger partial charge is 0.508 e. The number of phenolic OH excluding ortho intramolecular Hbond substituents is 1. The van der Waals surface area contributed by atoms with Crippen molar-refractivity contribution in [2.45, 2.75) is 12.1 Å². The van der Waals surface area contributed by atoms with Gasteiger partial charge < -0.3 is 10.2 Å². The first kappa shape index (κ1) is 15.4. The molecular weight excluding hydrogens is 316 g/mol. The average molecular weight is 331 g/mol. The number of benzene rings is 2. The summed E-state index contributed by atoms with van der Waals surface area (Å²) in [5.41, 5.74) is 2.50. The summed E-state index contributed by atoms with van der Waals surface area (Å²) >= 11 is 5.88. The average Bonchev–Trinajstić information content (AvgIpc) is 2.83. The maximum Gasteiger partial charge on any atom is 0.275 e. The maximum atomic E-state index is 12.7. The molecule has 1 fully saturated rings. The zero-order chi connectivity index (χ0) is 16.6. The summed E-state index contributed by atoms with van der Waals surface area (Å²) in [7, 11) is 0. The van der Waals surface area contributed by atoms with Crippen molar-refractivity contribution >= 4 is 17.5 Å². The molecule has 23 heavy (non-hydrogen) atoms. The van der Waals surface area contributed by atoms with E-state index in [0.717, 1.165) is 5.01 Å². The Morgan fingerprint density at radius 1 is 1.26 bits per heavy atom. The van der Waals surface area contributed by atoms with Gasteiger partial charge in [-0.25, -0.2) is 5.01 Å². The number of aromatic hydroxyl groups is 1. The number of carbonyl (C=O) groups is 1. The molecule has 0 bridgehead atoms. The van der Waals surface area contributed by atoms with Crippen LogP contribution in [0.3, 0.4) is 0 Å². The molecule has 118 valence electrons. The number of nitrogens with zero attached hydrogens (tertiary/aromatic N) is 1. The van der Waals surface area contributed by atoms with Crippen molar-refractivity contribution in [2.75, 3.05) is 0 Å². The SMILES string of the molecule is C=C1CC(O)(c2ccc(Cl)cc2)N(C(=O)c2cccc(O)c2)N1. The molecule has 3 N–H and O–H groups in total. The van der Waals surface area contributed by atoms with Crippen molar-refractivity contribution in [3.63, 3.8) is 0 Å². The van der Waals surface area contributed by atoms with E-state index in [0.29, 0.717) is 16.3 Å². The van der Waals surface area contributed by atoms with Crippen LogP contribution >= 0.6 is 11.6 Å². The Hall–Kier alpha value is -2.50. The molecule has 1 aliphatic heterocycles. The van der Waals surface area contributed by atoms with Crippen LogP contribution in [0.5, 0.6) is 5.75 Å². The van der Waals surface area contributed by atoms with Gasteiger partial charge in [-0.2, -0.15) is 0 Å². The van der Waals surface area contributed by atoms with E-state index in [1.165, 1.54) is 12.1 Å². The van der Waals surface area contributed by atoms with Crippen LogP contribution in [-0.4, -0.2) is 21.1 Å². The molecule has 1 aliphatic rings. The van der Waals surface area contributed by atoms with Gasteiger partial charge in [-0.3, -0.25) is 10.2 Å². The summed E-state index contributed by atoms with van der Waals surface area (Å²) in [5.74, 6) is -0.499. The van der Waals surface area contributed by atoms with Crippen LogP contribution in [-0.2, 0) is 5.72 Å². The molecule has 1 saturated heterocycles. The number of aliphatic hydroxyl groups is 1. The molecule has 1 unspecified atom stereocenters. The number of hydrazine groups is 1. The third-order valence-corrected chi connectivity index (χ3v) is 3.95. The van der Waals surface area contributed by atoms with E-state index in [1.54, 1.807) is 36.4 Å². The van der Waals surface area contributed by atoms with Gasteiger partial charge in [0, 0.05) is 28.3 Å². The Bertz CT molecular complexity index is 776. The van der Waals surface area contributed by atoms with Crippen molar-refractivity contribution in [2.24, 2.45) is 0 Å². The number of halogens is 1. The molecule has 0 radical (unpaired) electrons. The molecule has 3 rings (SSSR count). The van der Waals surface area contributed by atoms with Crippen LogP contribution in [0.15, 0.2) is 60.8 Å². The van der Waals surface area contributed by atoms with Gasteiger partial charge in [0.15, 0.2) is 5.72 Å². The Balaban J connectivity index is 2.01. The van der Waals surface area contributed by atoms with Gasteiger partial charge in [0.2, 0.25) is 0 Å². The highest BCUT2D eigenvalue weighted by Gasteiger charge is 2.46. The summed E-state index contributed by atoms with van der Waals surface area (Å²) < 4.78 is 0. The lowest BCUT2D eigenvalue weighted by atomic mass is 9.98. The second-order valence-corrected chi connectivity index (χ2v) is 5.84. The smallest absolute Gasteiger partial charge is 0.275 e. The van der Waals surface area contributed by atoms with Crippen molar-refractivity contribution in [3.05, 3.63) is 77.0 Å². The number of hydrogen-bond acceptors (Lipinski definition) is 4. The monoisotopic (exact) mass is 330 g/mol. The minimum atomic E-state index is -1.58. The van der Waals surface area contributed by atoms with Gasteiger partial charge in [0.1, 0.15) is 5.75 Å². The molecule has 0 aliphatic carbocycles. The first-order valence-electron chi connectivity index (χ1n) is 6.96. The fraction of sp³-hybridized carbons (Fsp3) is 0.118. The number of rotatable bonds is 2.